The van der Waals surface area contributed by atoms with Crippen LogP contribution in [0.2, 0.25) is 0 Å². The SMILES string of the molecule is O=C1OC(CN2CCCC(Cc3ccccc3)C2)CN1c1ccc(F)cc1. The Hall–Kier alpha value is -2.40. The standard InChI is InChI=1S/C22H25FN2O2/c23-19-8-10-20(11-9-19)25-16-21(27-22(25)26)15-24-12-4-7-18(14-24)13-17-5-2-1-3-6-17/h1-3,5-6,8-11,18,21H,4,7,12-16H2. The van der Waals surface area contributed by atoms with Crippen LogP contribution in [-0.2, 0) is 11.2 Å². The quantitative estimate of drug-likeness (QED) is 0.796. The predicted molar refractivity (Wildman–Crippen MR) is 103 cm³/mol. The van der Waals surface area contributed by atoms with Crippen molar-refractivity contribution in [3.63, 3.8) is 0 Å². The number of piperidine rings is 1. The van der Waals surface area contributed by atoms with Gasteiger partial charge in [-0.05, 0) is 61.6 Å². The maximum atomic E-state index is 13.1. The van der Waals surface area contributed by atoms with E-state index in [1.54, 1.807) is 17.0 Å². The Labute approximate surface area is 159 Å². The number of rotatable bonds is 5. The van der Waals surface area contributed by atoms with Crippen LogP contribution in [0.5, 0.6) is 0 Å². The van der Waals surface area contributed by atoms with Gasteiger partial charge in [0.25, 0.3) is 0 Å². The van der Waals surface area contributed by atoms with Gasteiger partial charge in [0.1, 0.15) is 11.9 Å². The Bertz CT molecular complexity index is 766. The first-order valence-electron chi connectivity index (χ1n) is 9.67. The Morgan fingerprint density at radius 2 is 1.81 bits per heavy atom. The highest BCUT2D eigenvalue weighted by Gasteiger charge is 2.34. The van der Waals surface area contributed by atoms with E-state index in [0.717, 1.165) is 26.1 Å². The van der Waals surface area contributed by atoms with Crippen LogP contribution < -0.4 is 4.90 Å². The molecule has 0 aliphatic carbocycles. The van der Waals surface area contributed by atoms with Crippen molar-refractivity contribution in [3.8, 4) is 0 Å². The second-order valence-electron chi connectivity index (χ2n) is 7.55. The number of cyclic esters (lactones) is 1. The summed E-state index contributed by atoms with van der Waals surface area (Å²) in [6.45, 7) is 3.37. The third-order valence-corrected chi connectivity index (χ3v) is 5.44. The van der Waals surface area contributed by atoms with Crippen LogP contribution in [0.15, 0.2) is 54.6 Å². The average molecular weight is 368 g/mol. The number of halogens is 1. The number of anilines is 1. The van der Waals surface area contributed by atoms with Gasteiger partial charge in [-0.15, -0.1) is 0 Å². The second kappa shape index (κ2) is 8.09. The van der Waals surface area contributed by atoms with Gasteiger partial charge in [-0.25, -0.2) is 9.18 Å². The lowest BCUT2D eigenvalue weighted by Crippen LogP contribution is -2.41. The molecule has 4 rings (SSSR count). The molecule has 2 saturated heterocycles. The fourth-order valence-electron chi connectivity index (χ4n) is 4.17. The van der Waals surface area contributed by atoms with E-state index in [1.165, 1.54) is 30.5 Å². The molecule has 5 heteroatoms. The minimum atomic E-state index is -0.343. The molecule has 0 bridgehead atoms. The maximum Gasteiger partial charge on any atom is 0.414 e. The van der Waals surface area contributed by atoms with Crippen molar-refractivity contribution < 1.29 is 13.9 Å². The number of likely N-dealkylation sites (tertiary alicyclic amines) is 1. The normalized spacial score (nSPS) is 23.4. The van der Waals surface area contributed by atoms with E-state index in [1.807, 2.05) is 0 Å². The van der Waals surface area contributed by atoms with Crippen LogP contribution in [0.4, 0.5) is 14.9 Å². The lowest BCUT2D eigenvalue weighted by molar-refractivity contribution is 0.0875. The highest BCUT2D eigenvalue weighted by molar-refractivity contribution is 5.89. The van der Waals surface area contributed by atoms with Crippen LogP contribution in [0.3, 0.4) is 0 Å². The Morgan fingerprint density at radius 1 is 1.04 bits per heavy atom. The molecule has 0 radical (unpaired) electrons. The van der Waals surface area contributed by atoms with Gasteiger partial charge in [-0.3, -0.25) is 9.80 Å². The van der Waals surface area contributed by atoms with Crippen molar-refractivity contribution >= 4 is 11.8 Å². The first-order chi connectivity index (χ1) is 13.2. The van der Waals surface area contributed by atoms with Crippen LogP contribution >= 0.6 is 0 Å². The molecular weight excluding hydrogens is 343 g/mol. The molecular formula is C22H25FN2O2. The van der Waals surface area contributed by atoms with E-state index >= 15 is 0 Å². The monoisotopic (exact) mass is 368 g/mol. The van der Waals surface area contributed by atoms with Gasteiger partial charge in [-0.1, -0.05) is 30.3 Å². The average Bonchev–Trinajstić information content (AvgIpc) is 3.03. The molecule has 1 amide bonds. The molecule has 2 aromatic carbocycles. The number of carbonyl (C=O) groups excluding carboxylic acids is 1. The summed E-state index contributed by atoms with van der Waals surface area (Å²) in [6, 6.07) is 16.6. The lowest BCUT2D eigenvalue weighted by Gasteiger charge is -2.33. The number of benzene rings is 2. The molecule has 2 atom stereocenters. The highest BCUT2D eigenvalue weighted by Crippen LogP contribution is 2.25. The summed E-state index contributed by atoms with van der Waals surface area (Å²) in [4.78, 5) is 16.2. The van der Waals surface area contributed by atoms with Crippen molar-refractivity contribution in [1.82, 2.24) is 4.90 Å². The van der Waals surface area contributed by atoms with Gasteiger partial charge in [0.2, 0.25) is 0 Å². The summed E-state index contributed by atoms with van der Waals surface area (Å²) in [7, 11) is 0. The lowest BCUT2D eigenvalue weighted by atomic mass is 9.91. The third-order valence-electron chi connectivity index (χ3n) is 5.44. The van der Waals surface area contributed by atoms with Crippen LogP contribution in [-0.4, -0.2) is 43.3 Å². The van der Waals surface area contributed by atoms with E-state index in [-0.39, 0.29) is 18.0 Å². The van der Waals surface area contributed by atoms with Gasteiger partial charge >= 0.3 is 6.09 Å². The largest absolute Gasteiger partial charge is 0.443 e. The predicted octanol–water partition coefficient (Wildman–Crippen LogP) is 4.11. The van der Waals surface area contributed by atoms with Crippen molar-refractivity contribution in [3.05, 3.63) is 66.0 Å². The van der Waals surface area contributed by atoms with Gasteiger partial charge < -0.3 is 4.74 Å². The molecule has 142 valence electrons. The zero-order chi connectivity index (χ0) is 18.6. The molecule has 4 nitrogen and oxygen atoms in total. The first kappa shape index (κ1) is 18.0. The number of hydrogen-bond donors (Lipinski definition) is 0. The van der Waals surface area contributed by atoms with Gasteiger partial charge in [-0.2, -0.15) is 0 Å². The molecule has 0 saturated carbocycles. The van der Waals surface area contributed by atoms with Crippen LogP contribution in [0, 0.1) is 11.7 Å². The number of carbonyl (C=O) groups is 1. The highest BCUT2D eigenvalue weighted by atomic mass is 19.1. The fraction of sp³-hybridized carbons (Fsp3) is 0.409. The van der Waals surface area contributed by atoms with Crippen molar-refractivity contribution in [2.24, 2.45) is 5.92 Å². The minimum absolute atomic E-state index is 0.141. The smallest absolute Gasteiger partial charge is 0.414 e. The molecule has 2 aliphatic heterocycles. The summed E-state index contributed by atoms with van der Waals surface area (Å²) in [5.74, 6) is 0.340. The number of ether oxygens (including phenoxy) is 1. The molecule has 0 spiro atoms. The Morgan fingerprint density at radius 3 is 2.59 bits per heavy atom. The molecule has 27 heavy (non-hydrogen) atoms. The van der Waals surface area contributed by atoms with Crippen molar-refractivity contribution in [1.29, 1.82) is 0 Å². The zero-order valence-electron chi connectivity index (χ0n) is 15.4. The number of amides is 1. The van der Waals surface area contributed by atoms with E-state index < -0.39 is 0 Å². The number of nitrogens with zero attached hydrogens (tertiary/aromatic N) is 2. The summed E-state index contributed by atoms with van der Waals surface area (Å²) in [5, 5.41) is 0. The topological polar surface area (TPSA) is 32.8 Å². The van der Waals surface area contributed by atoms with Crippen LogP contribution in [0.1, 0.15) is 18.4 Å². The molecule has 2 aliphatic rings. The van der Waals surface area contributed by atoms with Crippen molar-refractivity contribution in [2.75, 3.05) is 31.1 Å². The van der Waals surface area contributed by atoms with Gasteiger partial charge in [0.15, 0.2) is 0 Å². The summed E-state index contributed by atoms with van der Waals surface area (Å²) in [5.41, 5.74) is 2.07. The molecule has 2 unspecified atom stereocenters. The maximum absolute atomic E-state index is 13.1. The Balaban J connectivity index is 1.32. The molecule has 2 heterocycles. The Kier molecular flexibility index (Phi) is 5.39. The molecule has 2 aromatic rings. The zero-order valence-corrected chi connectivity index (χ0v) is 15.4. The summed E-state index contributed by atoms with van der Waals surface area (Å²) in [6.07, 6.45) is 3.04. The summed E-state index contributed by atoms with van der Waals surface area (Å²) >= 11 is 0. The number of hydrogen-bond acceptors (Lipinski definition) is 3. The fourth-order valence-corrected chi connectivity index (χ4v) is 4.17. The van der Waals surface area contributed by atoms with E-state index in [9.17, 15) is 9.18 Å². The molecule has 2 fully saturated rings. The van der Waals surface area contributed by atoms with Gasteiger partial charge in [0, 0.05) is 18.8 Å². The molecule has 0 aromatic heterocycles. The summed E-state index contributed by atoms with van der Waals surface area (Å²) < 4.78 is 18.7. The van der Waals surface area contributed by atoms with E-state index in [0.29, 0.717) is 18.2 Å². The molecule has 0 N–H and O–H groups in total. The van der Waals surface area contributed by atoms with E-state index in [2.05, 4.69) is 35.2 Å². The van der Waals surface area contributed by atoms with Crippen molar-refractivity contribution in [2.45, 2.75) is 25.4 Å². The minimum Gasteiger partial charge on any atom is -0.443 e. The van der Waals surface area contributed by atoms with Crippen LogP contribution in [0.25, 0.3) is 0 Å². The first-order valence-corrected chi connectivity index (χ1v) is 9.67. The van der Waals surface area contributed by atoms with Gasteiger partial charge in [0.05, 0.1) is 6.54 Å². The second-order valence-corrected chi connectivity index (χ2v) is 7.55. The third kappa shape index (κ3) is 4.48. The van der Waals surface area contributed by atoms with E-state index in [4.69, 9.17) is 4.74 Å².